The Morgan fingerprint density at radius 3 is 2.65 bits per heavy atom. The Hall–Kier alpha value is -4.01. The summed E-state index contributed by atoms with van der Waals surface area (Å²) in [6.07, 6.45) is 2.39. The topological polar surface area (TPSA) is 85.6 Å². The molecular formula is C31H26BrClN4O3. The summed E-state index contributed by atoms with van der Waals surface area (Å²) < 4.78 is 8.12. The van der Waals surface area contributed by atoms with E-state index in [1.54, 1.807) is 42.6 Å². The molecule has 202 valence electrons. The van der Waals surface area contributed by atoms with Crippen molar-refractivity contribution in [2.45, 2.75) is 26.2 Å². The predicted molar refractivity (Wildman–Crippen MR) is 165 cm³/mol. The van der Waals surface area contributed by atoms with Crippen LogP contribution in [0.5, 0.6) is 5.75 Å². The predicted octanol–water partition coefficient (Wildman–Crippen LogP) is 7.38. The first-order chi connectivity index (χ1) is 19.3. The molecule has 1 heterocycles. The van der Waals surface area contributed by atoms with Crippen molar-refractivity contribution in [3.63, 3.8) is 0 Å². The number of hydrogen-bond acceptors (Lipinski definition) is 5. The average molecular weight is 618 g/mol. The van der Waals surface area contributed by atoms with Crippen molar-refractivity contribution < 1.29 is 9.53 Å². The molecule has 0 aliphatic rings. The van der Waals surface area contributed by atoms with E-state index in [1.165, 1.54) is 4.68 Å². The van der Waals surface area contributed by atoms with Gasteiger partial charge in [0.05, 0.1) is 17.1 Å². The molecule has 7 nitrogen and oxygen atoms in total. The number of benzene rings is 4. The minimum absolute atomic E-state index is 0.00213. The second-order valence-electron chi connectivity index (χ2n) is 9.34. The third-order valence-corrected chi connectivity index (χ3v) is 7.35. The molecule has 5 rings (SSSR count). The Labute approximate surface area is 244 Å². The van der Waals surface area contributed by atoms with Gasteiger partial charge in [0, 0.05) is 26.7 Å². The van der Waals surface area contributed by atoms with Crippen LogP contribution in [-0.2, 0) is 4.79 Å². The maximum Gasteiger partial charge on any atom is 0.282 e. The highest BCUT2D eigenvalue weighted by Gasteiger charge is 2.16. The van der Waals surface area contributed by atoms with E-state index in [0.29, 0.717) is 38.8 Å². The monoisotopic (exact) mass is 616 g/mol. The maximum atomic E-state index is 13.6. The van der Waals surface area contributed by atoms with Crippen LogP contribution in [0.3, 0.4) is 0 Å². The van der Waals surface area contributed by atoms with E-state index in [1.807, 2.05) is 56.3 Å². The van der Waals surface area contributed by atoms with E-state index >= 15 is 0 Å². The van der Waals surface area contributed by atoms with E-state index in [0.717, 1.165) is 21.7 Å². The van der Waals surface area contributed by atoms with Crippen molar-refractivity contribution in [2.24, 2.45) is 5.10 Å². The summed E-state index contributed by atoms with van der Waals surface area (Å²) in [4.78, 5) is 31.0. The Morgan fingerprint density at radius 2 is 1.88 bits per heavy atom. The fourth-order valence-electron chi connectivity index (χ4n) is 4.30. The number of hydrogen-bond donors (Lipinski definition) is 1. The van der Waals surface area contributed by atoms with Crippen molar-refractivity contribution in [1.82, 2.24) is 9.66 Å². The molecule has 0 spiro atoms. The molecular weight excluding hydrogens is 592 g/mol. The summed E-state index contributed by atoms with van der Waals surface area (Å²) in [7, 11) is 0. The van der Waals surface area contributed by atoms with Crippen molar-refractivity contribution in [2.75, 3.05) is 11.9 Å². The number of ether oxygens (including phenoxy) is 1. The number of aromatic nitrogens is 2. The molecule has 0 unspecified atom stereocenters. The van der Waals surface area contributed by atoms with Crippen molar-refractivity contribution in [1.29, 1.82) is 0 Å². The van der Waals surface area contributed by atoms with Gasteiger partial charge in [-0.1, -0.05) is 71.7 Å². The SMILES string of the molecule is CC[C@H](C)c1nc2ccc(Br)cc2c(=O)n1N=Cc1c(OCC(=O)Nc2ccc(Cl)cc2)ccc2ccccc12. The Balaban J connectivity index is 1.53. The molecule has 1 atom stereocenters. The van der Waals surface area contributed by atoms with Gasteiger partial charge in [-0.3, -0.25) is 9.59 Å². The number of nitrogens with one attached hydrogen (secondary N) is 1. The number of halogens is 2. The number of fused-ring (bicyclic) bond motifs is 2. The normalized spacial score (nSPS) is 12.2. The first kappa shape index (κ1) is 27.6. The fourth-order valence-corrected chi connectivity index (χ4v) is 4.79. The minimum Gasteiger partial charge on any atom is -0.483 e. The van der Waals surface area contributed by atoms with Gasteiger partial charge in [0.25, 0.3) is 11.5 Å². The van der Waals surface area contributed by atoms with E-state index in [-0.39, 0.29) is 24.0 Å². The summed E-state index contributed by atoms with van der Waals surface area (Å²) in [5.74, 6) is 0.711. The summed E-state index contributed by atoms with van der Waals surface area (Å²) in [5, 5.41) is 10.3. The van der Waals surface area contributed by atoms with Gasteiger partial charge in [-0.15, -0.1) is 0 Å². The molecule has 0 saturated heterocycles. The molecule has 0 bridgehead atoms. The van der Waals surface area contributed by atoms with Crippen molar-refractivity contribution in [3.05, 3.63) is 110 Å². The van der Waals surface area contributed by atoms with Gasteiger partial charge in [-0.2, -0.15) is 9.78 Å². The highest BCUT2D eigenvalue weighted by molar-refractivity contribution is 9.10. The van der Waals surface area contributed by atoms with Crippen LogP contribution in [0.4, 0.5) is 5.69 Å². The minimum atomic E-state index is -0.321. The number of carbonyl (C=O) groups excluding carboxylic acids is 1. The lowest BCUT2D eigenvalue weighted by molar-refractivity contribution is -0.118. The van der Waals surface area contributed by atoms with Crippen LogP contribution in [0, 0.1) is 0 Å². The van der Waals surface area contributed by atoms with Crippen LogP contribution in [0.2, 0.25) is 5.02 Å². The summed E-state index contributed by atoms with van der Waals surface area (Å²) in [6.45, 7) is 3.85. The summed E-state index contributed by atoms with van der Waals surface area (Å²) in [6, 6.07) is 23.8. The second kappa shape index (κ2) is 12.0. The third kappa shape index (κ3) is 5.93. The largest absolute Gasteiger partial charge is 0.483 e. The Bertz CT molecular complexity index is 1800. The number of anilines is 1. The molecule has 0 aliphatic heterocycles. The highest BCUT2D eigenvalue weighted by Crippen LogP contribution is 2.27. The highest BCUT2D eigenvalue weighted by atomic mass is 79.9. The van der Waals surface area contributed by atoms with Crippen LogP contribution >= 0.6 is 27.5 Å². The number of rotatable bonds is 8. The molecule has 0 fully saturated rings. The molecule has 0 saturated carbocycles. The molecule has 1 N–H and O–H groups in total. The molecule has 4 aromatic carbocycles. The fraction of sp³-hybridized carbons (Fsp3) is 0.161. The first-order valence-electron chi connectivity index (χ1n) is 12.8. The zero-order valence-electron chi connectivity index (χ0n) is 21.9. The molecule has 1 aromatic heterocycles. The third-order valence-electron chi connectivity index (χ3n) is 6.61. The molecule has 40 heavy (non-hydrogen) atoms. The van der Waals surface area contributed by atoms with Gasteiger partial charge in [0.1, 0.15) is 11.6 Å². The van der Waals surface area contributed by atoms with Gasteiger partial charge >= 0.3 is 0 Å². The Morgan fingerprint density at radius 1 is 1.10 bits per heavy atom. The van der Waals surface area contributed by atoms with Crippen LogP contribution in [0.1, 0.15) is 37.6 Å². The second-order valence-corrected chi connectivity index (χ2v) is 10.7. The zero-order valence-corrected chi connectivity index (χ0v) is 24.2. The van der Waals surface area contributed by atoms with Gasteiger partial charge < -0.3 is 10.1 Å². The van der Waals surface area contributed by atoms with Crippen molar-refractivity contribution in [3.8, 4) is 5.75 Å². The van der Waals surface area contributed by atoms with Crippen molar-refractivity contribution >= 4 is 67.0 Å². The van der Waals surface area contributed by atoms with Gasteiger partial charge in [-0.25, -0.2) is 4.98 Å². The van der Waals surface area contributed by atoms with Crippen LogP contribution in [0.25, 0.3) is 21.7 Å². The van der Waals surface area contributed by atoms with Gasteiger partial charge in [-0.05, 0) is 65.7 Å². The lowest BCUT2D eigenvalue weighted by Gasteiger charge is -2.15. The van der Waals surface area contributed by atoms with E-state index in [4.69, 9.17) is 21.3 Å². The number of nitrogens with zero attached hydrogens (tertiary/aromatic N) is 3. The molecule has 5 aromatic rings. The van der Waals surface area contributed by atoms with Gasteiger partial charge in [0.15, 0.2) is 6.61 Å². The lowest BCUT2D eigenvalue weighted by Crippen LogP contribution is -2.24. The van der Waals surface area contributed by atoms with Crippen LogP contribution in [-0.4, -0.2) is 28.4 Å². The molecule has 1 amide bonds. The smallest absolute Gasteiger partial charge is 0.282 e. The van der Waals surface area contributed by atoms with Gasteiger partial charge in [0.2, 0.25) is 0 Å². The van der Waals surface area contributed by atoms with E-state index in [9.17, 15) is 9.59 Å². The molecule has 0 aliphatic carbocycles. The van der Waals surface area contributed by atoms with Crippen LogP contribution in [0.15, 0.2) is 93.2 Å². The lowest BCUT2D eigenvalue weighted by atomic mass is 10.0. The number of carbonyl (C=O) groups is 1. The molecule has 0 radical (unpaired) electrons. The summed E-state index contributed by atoms with van der Waals surface area (Å²) >= 11 is 9.38. The Kier molecular flexibility index (Phi) is 8.28. The molecule has 9 heteroatoms. The summed E-state index contributed by atoms with van der Waals surface area (Å²) in [5.41, 5.74) is 1.62. The van der Waals surface area contributed by atoms with E-state index < -0.39 is 0 Å². The maximum absolute atomic E-state index is 13.6. The van der Waals surface area contributed by atoms with E-state index in [2.05, 4.69) is 26.3 Å². The van der Waals surface area contributed by atoms with Crippen LogP contribution < -0.4 is 15.6 Å². The number of amides is 1. The zero-order chi connectivity index (χ0) is 28.2. The average Bonchev–Trinajstić information content (AvgIpc) is 2.96. The first-order valence-corrected chi connectivity index (χ1v) is 14.0. The standard InChI is InChI=1S/C31H26BrClN4O3/c1-3-19(2)30-36-27-14-9-21(32)16-25(27)31(39)37(30)34-17-26-24-7-5-4-6-20(24)8-15-28(26)40-18-29(38)35-23-12-10-22(33)11-13-23/h4-17,19H,3,18H2,1-2H3,(H,35,38)/t19-/m0/s1. The quantitative estimate of drug-likeness (QED) is 0.184.